The van der Waals surface area contributed by atoms with Crippen LogP contribution in [-0.4, -0.2) is 18.0 Å². The van der Waals surface area contributed by atoms with Gasteiger partial charge in [-0.1, -0.05) is 29.8 Å². The highest BCUT2D eigenvalue weighted by molar-refractivity contribution is 6.31. The Kier molecular flexibility index (Phi) is 3.50. The first-order chi connectivity index (χ1) is 9.15. The van der Waals surface area contributed by atoms with Crippen LogP contribution in [0.15, 0.2) is 24.3 Å². The summed E-state index contributed by atoms with van der Waals surface area (Å²) in [5, 5.41) is 7.31. The number of carbonyl (C=O) groups is 1. The minimum atomic E-state index is -0.0414. The van der Waals surface area contributed by atoms with Crippen LogP contribution in [0.25, 0.3) is 0 Å². The van der Waals surface area contributed by atoms with Crippen molar-refractivity contribution in [1.82, 2.24) is 10.6 Å². The second kappa shape index (κ2) is 5.14. The lowest BCUT2D eigenvalue weighted by Crippen LogP contribution is -2.38. The van der Waals surface area contributed by atoms with Gasteiger partial charge in [0.2, 0.25) is 5.91 Å². The molecule has 102 valence electrons. The molecule has 1 amide bonds. The molecule has 2 saturated heterocycles. The molecule has 2 N–H and O–H groups in total. The molecule has 0 aliphatic carbocycles. The predicted molar refractivity (Wildman–Crippen MR) is 76.1 cm³/mol. The molecule has 0 spiro atoms. The average Bonchev–Trinajstić information content (AvgIpc) is 3.01. The van der Waals surface area contributed by atoms with Gasteiger partial charge in [0.25, 0.3) is 0 Å². The zero-order chi connectivity index (χ0) is 13.4. The van der Waals surface area contributed by atoms with Crippen LogP contribution in [0, 0.1) is 5.92 Å². The molecule has 2 fully saturated rings. The highest BCUT2D eigenvalue weighted by Gasteiger charge is 2.42. The minimum Gasteiger partial charge on any atom is -0.349 e. The lowest BCUT2D eigenvalue weighted by atomic mass is 9.88. The number of hydrogen-bond donors (Lipinski definition) is 2. The van der Waals surface area contributed by atoms with E-state index in [1.54, 1.807) is 0 Å². The third-order valence-electron chi connectivity index (χ3n) is 4.37. The summed E-state index contributed by atoms with van der Waals surface area (Å²) in [7, 11) is 0. The van der Waals surface area contributed by atoms with E-state index in [9.17, 15) is 4.79 Å². The third kappa shape index (κ3) is 2.49. The number of nitrogens with one attached hydrogen (secondary N) is 2. The molecule has 1 aromatic carbocycles. The summed E-state index contributed by atoms with van der Waals surface area (Å²) in [5.41, 5.74) is 0.980. The number of carbonyl (C=O) groups excluding carboxylic acids is 1. The summed E-state index contributed by atoms with van der Waals surface area (Å²) in [6.45, 7) is 1.99. The van der Waals surface area contributed by atoms with E-state index in [2.05, 4.69) is 10.6 Å². The van der Waals surface area contributed by atoms with Gasteiger partial charge in [0, 0.05) is 17.1 Å². The summed E-state index contributed by atoms with van der Waals surface area (Å²) in [6.07, 6.45) is 3.32. The Labute approximate surface area is 118 Å². The Morgan fingerprint density at radius 1 is 1.42 bits per heavy atom. The van der Waals surface area contributed by atoms with Crippen molar-refractivity contribution >= 4 is 17.5 Å². The molecular weight excluding hydrogens is 260 g/mol. The second-order valence-electron chi connectivity index (χ2n) is 5.64. The summed E-state index contributed by atoms with van der Waals surface area (Å²) < 4.78 is 0. The van der Waals surface area contributed by atoms with Crippen LogP contribution in [0.5, 0.6) is 0 Å². The minimum absolute atomic E-state index is 0.0414. The maximum atomic E-state index is 12.3. The number of rotatable bonds is 3. The van der Waals surface area contributed by atoms with E-state index in [4.69, 9.17) is 11.6 Å². The summed E-state index contributed by atoms with van der Waals surface area (Å²) in [6, 6.07) is 8.56. The molecule has 4 heteroatoms. The first kappa shape index (κ1) is 12.9. The number of halogens is 1. The lowest BCUT2D eigenvalue weighted by Gasteiger charge is -2.23. The van der Waals surface area contributed by atoms with Gasteiger partial charge in [-0.25, -0.2) is 0 Å². The van der Waals surface area contributed by atoms with Gasteiger partial charge in [-0.05, 0) is 37.8 Å². The molecule has 0 radical (unpaired) electrons. The van der Waals surface area contributed by atoms with Gasteiger partial charge in [0.15, 0.2) is 0 Å². The maximum Gasteiger partial charge on any atom is 0.225 e. The van der Waals surface area contributed by atoms with E-state index in [1.807, 2.05) is 31.2 Å². The third-order valence-corrected chi connectivity index (χ3v) is 4.71. The highest BCUT2D eigenvalue weighted by Crippen LogP contribution is 2.34. The van der Waals surface area contributed by atoms with Crippen molar-refractivity contribution < 1.29 is 4.79 Å². The first-order valence-electron chi connectivity index (χ1n) is 6.96. The number of amides is 1. The molecule has 2 aliphatic heterocycles. The smallest absolute Gasteiger partial charge is 0.225 e. The van der Waals surface area contributed by atoms with E-state index < -0.39 is 0 Å². The quantitative estimate of drug-likeness (QED) is 0.892. The number of fused-ring (bicyclic) bond motifs is 2. The normalized spacial score (nSPS) is 30.3. The van der Waals surface area contributed by atoms with Crippen molar-refractivity contribution in [2.45, 2.75) is 44.3 Å². The molecule has 3 rings (SSSR count). The Morgan fingerprint density at radius 2 is 2.21 bits per heavy atom. The van der Waals surface area contributed by atoms with Crippen molar-refractivity contribution in [2.24, 2.45) is 5.92 Å². The van der Waals surface area contributed by atoms with Crippen LogP contribution in [0.4, 0.5) is 0 Å². The van der Waals surface area contributed by atoms with E-state index >= 15 is 0 Å². The zero-order valence-electron chi connectivity index (χ0n) is 11.0. The highest BCUT2D eigenvalue weighted by atomic mass is 35.5. The molecule has 1 aromatic rings. The van der Waals surface area contributed by atoms with Gasteiger partial charge in [-0.2, -0.15) is 0 Å². The Morgan fingerprint density at radius 3 is 2.84 bits per heavy atom. The SMILES string of the molecule is C[C@H](NC(=O)C1CC2CCC1N2)c1ccccc1Cl. The predicted octanol–water partition coefficient (Wildman–Crippen LogP) is 2.66. The fourth-order valence-corrected chi connectivity index (χ4v) is 3.64. The summed E-state index contributed by atoms with van der Waals surface area (Å²) in [4.78, 5) is 12.3. The zero-order valence-corrected chi connectivity index (χ0v) is 11.8. The van der Waals surface area contributed by atoms with Gasteiger partial charge < -0.3 is 10.6 Å². The standard InChI is InChI=1S/C15H19ClN2O/c1-9(11-4-2-3-5-13(11)16)17-15(19)12-8-10-6-7-14(12)18-10/h2-5,9-10,12,14,18H,6-8H2,1H3,(H,17,19)/t9-,10?,12?,14?/m0/s1. The van der Waals surface area contributed by atoms with E-state index in [0.29, 0.717) is 17.1 Å². The summed E-state index contributed by atoms with van der Waals surface area (Å²) in [5.74, 6) is 0.288. The van der Waals surface area contributed by atoms with E-state index in [-0.39, 0.29) is 17.9 Å². The topological polar surface area (TPSA) is 41.1 Å². The van der Waals surface area contributed by atoms with Crippen LogP contribution in [0.3, 0.4) is 0 Å². The molecule has 3 nitrogen and oxygen atoms in total. The van der Waals surface area contributed by atoms with Gasteiger partial charge in [0.1, 0.15) is 0 Å². The Balaban J connectivity index is 1.65. The van der Waals surface area contributed by atoms with Crippen LogP contribution >= 0.6 is 11.6 Å². The monoisotopic (exact) mass is 278 g/mol. The first-order valence-corrected chi connectivity index (χ1v) is 7.34. The maximum absolute atomic E-state index is 12.3. The van der Waals surface area contributed by atoms with Crippen LogP contribution in [0.1, 0.15) is 37.8 Å². The van der Waals surface area contributed by atoms with Gasteiger partial charge >= 0.3 is 0 Å². The molecule has 0 aromatic heterocycles. The van der Waals surface area contributed by atoms with Crippen LogP contribution in [-0.2, 0) is 4.79 Å². The Hall–Kier alpha value is -1.06. The fourth-order valence-electron chi connectivity index (χ4n) is 3.34. The van der Waals surface area contributed by atoms with E-state index in [1.165, 1.54) is 6.42 Å². The number of hydrogen-bond acceptors (Lipinski definition) is 2. The molecule has 2 heterocycles. The van der Waals surface area contributed by atoms with Crippen molar-refractivity contribution in [3.8, 4) is 0 Å². The van der Waals surface area contributed by atoms with Crippen molar-refractivity contribution in [1.29, 1.82) is 0 Å². The average molecular weight is 279 g/mol. The lowest BCUT2D eigenvalue weighted by molar-refractivity contribution is -0.126. The Bertz CT molecular complexity index is 491. The second-order valence-corrected chi connectivity index (χ2v) is 6.05. The fraction of sp³-hybridized carbons (Fsp3) is 0.533. The van der Waals surface area contributed by atoms with Crippen molar-refractivity contribution in [3.63, 3.8) is 0 Å². The number of benzene rings is 1. The van der Waals surface area contributed by atoms with Gasteiger partial charge in [0.05, 0.1) is 12.0 Å². The molecule has 4 atom stereocenters. The molecule has 2 aliphatic rings. The van der Waals surface area contributed by atoms with Gasteiger partial charge in [-0.15, -0.1) is 0 Å². The van der Waals surface area contributed by atoms with Crippen molar-refractivity contribution in [3.05, 3.63) is 34.9 Å². The van der Waals surface area contributed by atoms with Crippen molar-refractivity contribution in [2.75, 3.05) is 0 Å². The van der Waals surface area contributed by atoms with Gasteiger partial charge in [-0.3, -0.25) is 4.79 Å². The molecule has 19 heavy (non-hydrogen) atoms. The molecule has 3 unspecified atom stereocenters. The molecular formula is C15H19ClN2O. The van der Waals surface area contributed by atoms with Crippen LogP contribution < -0.4 is 10.6 Å². The van der Waals surface area contributed by atoms with E-state index in [0.717, 1.165) is 18.4 Å². The molecule has 2 bridgehead atoms. The summed E-state index contributed by atoms with van der Waals surface area (Å²) >= 11 is 6.16. The van der Waals surface area contributed by atoms with Crippen LogP contribution in [0.2, 0.25) is 5.02 Å². The largest absolute Gasteiger partial charge is 0.349 e. The molecule has 0 saturated carbocycles.